The van der Waals surface area contributed by atoms with Crippen molar-refractivity contribution in [3.05, 3.63) is 0 Å². The molecule has 28 heavy (non-hydrogen) atoms. The summed E-state index contributed by atoms with van der Waals surface area (Å²) in [6.45, 7) is 11.3. The van der Waals surface area contributed by atoms with E-state index in [9.17, 15) is 13.2 Å². The highest BCUT2D eigenvalue weighted by molar-refractivity contribution is 14.0. The molecule has 0 saturated carbocycles. The SMILES string of the molecule is CN=C(NCC1CCCOC1C(C)(C)C)N1CCN(C(C)C(F)(F)F)CC1.I. The third kappa shape index (κ3) is 6.90. The van der Waals surface area contributed by atoms with Crippen molar-refractivity contribution in [2.75, 3.05) is 46.4 Å². The van der Waals surface area contributed by atoms with Crippen molar-refractivity contribution in [1.29, 1.82) is 0 Å². The van der Waals surface area contributed by atoms with Gasteiger partial charge in [0.15, 0.2) is 5.96 Å². The number of hydrogen-bond acceptors (Lipinski definition) is 3. The topological polar surface area (TPSA) is 40.1 Å². The van der Waals surface area contributed by atoms with Crippen LogP contribution < -0.4 is 5.32 Å². The van der Waals surface area contributed by atoms with E-state index >= 15 is 0 Å². The summed E-state index contributed by atoms with van der Waals surface area (Å²) < 4.78 is 44.8. The van der Waals surface area contributed by atoms with Crippen molar-refractivity contribution in [2.45, 2.75) is 58.9 Å². The van der Waals surface area contributed by atoms with E-state index in [1.165, 1.54) is 11.8 Å². The second-order valence-corrected chi connectivity index (χ2v) is 8.73. The number of nitrogens with zero attached hydrogens (tertiary/aromatic N) is 3. The van der Waals surface area contributed by atoms with Crippen LogP contribution in [0.1, 0.15) is 40.5 Å². The molecule has 2 aliphatic rings. The summed E-state index contributed by atoms with van der Waals surface area (Å²) in [6.07, 6.45) is -1.80. The number of rotatable bonds is 3. The molecule has 2 saturated heterocycles. The molecule has 2 aliphatic heterocycles. The van der Waals surface area contributed by atoms with E-state index in [1.807, 2.05) is 0 Å². The lowest BCUT2D eigenvalue weighted by Gasteiger charge is -2.42. The van der Waals surface area contributed by atoms with Gasteiger partial charge < -0.3 is 15.0 Å². The van der Waals surface area contributed by atoms with Crippen LogP contribution in [0.4, 0.5) is 13.2 Å². The van der Waals surface area contributed by atoms with Crippen molar-refractivity contribution in [2.24, 2.45) is 16.3 Å². The highest BCUT2D eigenvalue weighted by Gasteiger charge is 2.41. The summed E-state index contributed by atoms with van der Waals surface area (Å²) in [4.78, 5) is 7.90. The van der Waals surface area contributed by atoms with Crippen molar-refractivity contribution >= 4 is 29.9 Å². The number of nitrogens with one attached hydrogen (secondary N) is 1. The van der Waals surface area contributed by atoms with Gasteiger partial charge in [0.05, 0.1) is 6.10 Å². The Bertz CT molecular complexity index is 502. The quantitative estimate of drug-likeness (QED) is 0.351. The second-order valence-electron chi connectivity index (χ2n) is 8.73. The van der Waals surface area contributed by atoms with Crippen LogP contribution in [0.5, 0.6) is 0 Å². The van der Waals surface area contributed by atoms with E-state index in [4.69, 9.17) is 4.74 Å². The third-order valence-corrected chi connectivity index (χ3v) is 5.67. The van der Waals surface area contributed by atoms with E-state index in [1.54, 1.807) is 7.05 Å². The highest BCUT2D eigenvalue weighted by atomic mass is 127. The Balaban J connectivity index is 0.00000392. The Morgan fingerprint density at radius 2 is 1.79 bits per heavy atom. The fraction of sp³-hybridized carbons (Fsp3) is 0.947. The van der Waals surface area contributed by atoms with E-state index in [2.05, 4.69) is 36.0 Å². The van der Waals surface area contributed by atoms with Crippen LogP contribution in [-0.2, 0) is 4.74 Å². The summed E-state index contributed by atoms with van der Waals surface area (Å²) in [6, 6.07) is -1.40. The van der Waals surface area contributed by atoms with Gasteiger partial charge in [-0.1, -0.05) is 20.8 Å². The monoisotopic (exact) mass is 520 g/mol. The molecule has 5 nitrogen and oxygen atoms in total. The van der Waals surface area contributed by atoms with Crippen LogP contribution in [0.15, 0.2) is 4.99 Å². The Kier molecular flexibility index (Phi) is 9.80. The molecule has 0 aromatic rings. The Labute approximate surface area is 184 Å². The fourth-order valence-corrected chi connectivity index (χ4v) is 4.09. The van der Waals surface area contributed by atoms with Crippen LogP contribution in [0.2, 0.25) is 0 Å². The van der Waals surface area contributed by atoms with E-state index < -0.39 is 12.2 Å². The van der Waals surface area contributed by atoms with Gasteiger partial charge in [-0.3, -0.25) is 9.89 Å². The molecular weight excluding hydrogens is 484 g/mol. The van der Waals surface area contributed by atoms with E-state index in [0.717, 1.165) is 32.0 Å². The molecule has 0 aromatic heterocycles. The molecule has 0 bridgehead atoms. The van der Waals surface area contributed by atoms with Gasteiger partial charge in [-0.25, -0.2) is 0 Å². The predicted molar refractivity (Wildman–Crippen MR) is 117 cm³/mol. The fourth-order valence-electron chi connectivity index (χ4n) is 4.09. The molecule has 0 amide bonds. The van der Waals surface area contributed by atoms with Crippen LogP contribution in [-0.4, -0.2) is 80.5 Å². The lowest BCUT2D eigenvalue weighted by molar-refractivity contribution is -0.181. The molecule has 9 heteroatoms. The highest BCUT2D eigenvalue weighted by Crippen LogP contribution is 2.33. The first kappa shape index (κ1) is 25.7. The zero-order chi connectivity index (χ0) is 20.2. The van der Waals surface area contributed by atoms with Crippen LogP contribution >= 0.6 is 24.0 Å². The molecule has 3 unspecified atom stereocenters. The number of alkyl halides is 3. The summed E-state index contributed by atoms with van der Waals surface area (Å²) in [5, 5.41) is 3.44. The third-order valence-electron chi connectivity index (χ3n) is 5.67. The Morgan fingerprint density at radius 1 is 1.18 bits per heavy atom. The zero-order valence-corrected chi connectivity index (χ0v) is 20.0. The molecule has 1 N–H and O–H groups in total. The molecule has 166 valence electrons. The molecule has 0 aliphatic carbocycles. The molecule has 2 rings (SSSR count). The average molecular weight is 520 g/mol. The first-order valence-electron chi connectivity index (χ1n) is 9.92. The molecule has 2 heterocycles. The van der Waals surface area contributed by atoms with Crippen molar-refractivity contribution in [3.63, 3.8) is 0 Å². The molecule has 2 fully saturated rings. The zero-order valence-electron chi connectivity index (χ0n) is 17.7. The van der Waals surface area contributed by atoms with E-state index in [-0.39, 0.29) is 35.5 Å². The molecular formula is C19H36F3IN4O. The lowest BCUT2D eigenvalue weighted by Crippen LogP contribution is -2.57. The second kappa shape index (κ2) is 10.7. The van der Waals surface area contributed by atoms with Crippen molar-refractivity contribution < 1.29 is 17.9 Å². The van der Waals surface area contributed by atoms with E-state index in [0.29, 0.717) is 32.1 Å². The summed E-state index contributed by atoms with van der Waals surface area (Å²) in [7, 11) is 1.73. The number of guanidine groups is 1. The van der Waals surface area contributed by atoms with Crippen molar-refractivity contribution in [1.82, 2.24) is 15.1 Å². The molecule has 0 aromatic carbocycles. The van der Waals surface area contributed by atoms with Gasteiger partial charge in [0.25, 0.3) is 0 Å². The average Bonchev–Trinajstić information content (AvgIpc) is 2.61. The first-order chi connectivity index (χ1) is 12.5. The van der Waals surface area contributed by atoms with Gasteiger partial charge in [-0.15, -0.1) is 24.0 Å². The summed E-state index contributed by atoms with van der Waals surface area (Å²) in [5.41, 5.74) is 0.0790. The van der Waals surface area contributed by atoms with Crippen LogP contribution in [0.25, 0.3) is 0 Å². The Hall–Kier alpha value is -0.290. The lowest BCUT2D eigenvalue weighted by atomic mass is 9.78. The smallest absolute Gasteiger partial charge is 0.377 e. The largest absolute Gasteiger partial charge is 0.403 e. The molecule has 0 radical (unpaired) electrons. The maximum atomic E-state index is 12.9. The Morgan fingerprint density at radius 3 is 2.29 bits per heavy atom. The summed E-state index contributed by atoms with van der Waals surface area (Å²) in [5.74, 6) is 1.18. The van der Waals surface area contributed by atoms with Gasteiger partial charge in [0.1, 0.15) is 6.04 Å². The number of piperazine rings is 1. The minimum absolute atomic E-state index is 0. The van der Waals surface area contributed by atoms with Gasteiger partial charge >= 0.3 is 6.18 Å². The van der Waals surface area contributed by atoms with Crippen LogP contribution in [0, 0.1) is 11.3 Å². The number of ether oxygens (including phenoxy) is 1. The molecule has 0 spiro atoms. The number of halogens is 4. The minimum Gasteiger partial charge on any atom is -0.377 e. The summed E-state index contributed by atoms with van der Waals surface area (Å²) >= 11 is 0. The minimum atomic E-state index is -4.18. The van der Waals surface area contributed by atoms with Crippen LogP contribution in [0.3, 0.4) is 0 Å². The first-order valence-corrected chi connectivity index (χ1v) is 9.92. The maximum Gasteiger partial charge on any atom is 0.403 e. The predicted octanol–water partition coefficient (Wildman–Crippen LogP) is 3.59. The normalized spacial score (nSPS) is 26.6. The van der Waals surface area contributed by atoms with Crippen molar-refractivity contribution in [3.8, 4) is 0 Å². The molecule has 3 atom stereocenters. The number of hydrogen-bond donors (Lipinski definition) is 1. The number of aliphatic imine (C=N–C) groups is 1. The standard InChI is InChI=1S/C19H35F3N4O.HI/c1-14(19(20,21)22)25-8-10-26(11-9-25)17(23-5)24-13-15-7-6-12-27-16(15)18(2,3)4;/h14-16H,6-13H2,1-5H3,(H,23,24);1H. The van der Waals surface area contributed by atoms with Gasteiger partial charge in [0, 0.05) is 52.3 Å². The maximum absolute atomic E-state index is 12.9. The van der Waals surface area contributed by atoms with Gasteiger partial charge in [-0.2, -0.15) is 13.2 Å². The van der Waals surface area contributed by atoms with Gasteiger partial charge in [-0.05, 0) is 25.2 Å². The van der Waals surface area contributed by atoms with Gasteiger partial charge in [0.2, 0.25) is 0 Å².